The first-order valence-electron chi connectivity index (χ1n) is 7.33. The fourth-order valence-electron chi connectivity index (χ4n) is 2.35. The maximum absolute atomic E-state index is 13.3. The Balaban J connectivity index is 2.04. The first kappa shape index (κ1) is 16.5. The van der Waals surface area contributed by atoms with Crippen LogP contribution in [0.4, 0.5) is 24.0 Å². The van der Waals surface area contributed by atoms with Gasteiger partial charge in [0.2, 0.25) is 0 Å². The lowest BCUT2D eigenvalue weighted by Crippen LogP contribution is -2.07. The highest BCUT2D eigenvalue weighted by atomic mass is 32.1. The maximum atomic E-state index is 13.3. The Hall–Kier alpha value is -2.34. The minimum atomic E-state index is -4.50. The monoisotopic (exact) mass is 348 g/mol. The second-order valence-electron chi connectivity index (χ2n) is 5.43. The topological polar surface area (TPSA) is 24.9 Å². The highest BCUT2D eigenvalue weighted by molar-refractivity contribution is 7.19. The Labute approximate surface area is 142 Å². The molecule has 24 heavy (non-hydrogen) atoms. The number of anilines is 2. The van der Waals surface area contributed by atoms with Crippen LogP contribution in [-0.4, -0.2) is 4.98 Å². The van der Waals surface area contributed by atoms with E-state index >= 15 is 0 Å². The summed E-state index contributed by atoms with van der Waals surface area (Å²) in [5, 5.41) is 3.25. The highest BCUT2D eigenvalue weighted by Gasteiger charge is 2.38. The van der Waals surface area contributed by atoms with Gasteiger partial charge in [-0.1, -0.05) is 53.8 Å². The van der Waals surface area contributed by atoms with Crippen molar-refractivity contribution in [3.8, 4) is 10.4 Å². The van der Waals surface area contributed by atoms with E-state index in [2.05, 4.69) is 10.3 Å². The van der Waals surface area contributed by atoms with E-state index in [1.54, 1.807) is 30.3 Å². The summed E-state index contributed by atoms with van der Waals surface area (Å²) in [5.74, 6) is 0. The maximum Gasteiger partial charge on any atom is 0.434 e. The van der Waals surface area contributed by atoms with Crippen molar-refractivity contribution in [1.82, 2.24) is 4.98 Å². The molecule has 1 N–H and O–H groups in total. The predicted molar refractivity (Wildman–Crippen MR) is 91.8 cm³/mol. The number of aromatic nitrogens is 1. The van der Waals surface area contributed by atoms with Gasteiger partial charge in [0.25, 0.3) is 0 Å². The van der Waals surface area contributed by atoms with Crippen molar-refractivity contribution in [2.75, 3.05) is 5.32 Å². The van der Waals surface area contributed by atoms with Gasteiger partial charge in [0.15, 0.2) is 10.8 Å². The van der Waals surface area contributed by atoms with Crippen molar-refractivity contribution in [2.24, 2.45) is 0 Å². The Morgan fingerprint density at radius 1 is 0.958 bits per heavy atom. The molecule has 0 bridgehead atoms. The molecule has 0 spiro atoms. The molecule has 0 radical (unpaired) electrons. The van der Waals surface area contributed by atoms with Gasteiger partial charge in [0, 0.05) is 5.69 Å². The van der Waals surface area contributed by atoms with Gasteiger partial charge in [-0.25, -0.2) is 4.98 Å². The summed E-state index contributed by atoms with van der Waals surface area (Å²) in [5.41, 5.74) is 2.47. The first-order chi connectivity index (χ1) is 11.4. The van der Waals surface area contributed by atoms with Crippen LogP contribution in [0.25, 0.3) is 10.4 Å². The Morgan fingerprint density at radius 2 is 1.67 bits per heavy atom. The minimum Gasteiger partial charge on any atom is -0.331 e. The third-order valence-corrected chi connectivity index (χ3v) is 4.80. The smallest absolute Gasteiger partial charge is 0.331 e. The van der Waals surface area contributed by atoms with Gasteiger partial charge in [0.1, 0.15) is 0 Å². The number of alkyl halides is 3. The molecule has 2 nitrogen and oxygen atoms in total. The van der Waals surface area contributed by atoms with Crippen LogP contribution in [0.3, 0.4) is 0 Å². The number of thiazole rings is 1. The summed E-state index contributed by atoms with van der Waals surface area (Å²) in [6.45, 7) is 3.88. The zero-order valence-corrected chi connectivity index (χ0v) is 13.9. The van der Waals surface area contributed by atoms with E-state index in [-0.39, 0.29) is 10.0 Å². The highest BCUT2D eigenvalue weighted by Crippen LogP contribution is 2.42. The van der Waals surface area contributed by atoms with Crippen LogP contribution in [0, 0.1) is 13.8 Å². The van der Waals surface area contributed by atoms with E-state index in [0.717, 1.165) is 28.2 Å². The summed E-state index contributed by atoms with van der Waals surface area (Å²) in [6, 6.07) is 14.2. The predicted octanol–water partition coefficient (Wildman–Crippen LogP) is 6.19. The minimum absolute atomic E-state index is 0.121. The standard InChI is InChI=1S/C18H15F3N2S/c1-11-7-6-10-14(12(11)2)22-17-23-16(18(19,20)21)15(24-17)13-8-4-3-5-9-13/h3-10H,1-2H3,(H,22,23). The van der Waals surface area contributed by atoms with E-state index in [1.165, 1.54) is 0 Å². The van der Waals surface area contributed by atoms with Crippen molar-refractivity contribution in [1.29, 1.82) is 0 Å². The average Bonchev–Trinajstić information content (AvgIpc) is 2.97. The number of rotatable bonds is 3. The largest absolute Gasteiger partial charge is 0.434 e. The molecule has 0 aliphatic heterocycles. The quantitative estimate of drug-likeness (QED) is 0.610. The number of nitrogens with one attached hydrogen (secondary N) is 1. The van der Waals surface area contributed by atoms with Crippen LogP contribution in [0.2, 0.25) is 0 Å². The van der Waals surface area contributed by atoms with Crippen molar-refractivity contribution in [3.63, 3.8) is 0 Å². The molecular weight excluding hydrogens is 333 g/mol. The molecule has 0 atom stereocenters. The first-order valence-corrected chi connectivity index (χ1v) is 8.14. The number of benzene rings is 2. The lowest BCUT2D eigenvalue weighted by molar-refractivity contribution is -0.140. The van der Waals surface area contributed by atoms with E-state index < -0.39 is 11.9 Å². The third-order valence-electron chi connectivity index (χ3n) is 3.78. The number of halogens is 3. The Kier molecular flexibility index (Phi) is 4.32. The Bertz CT molecular complexity index is 854. The van der Waals surface area contributed by atoms with E-state index in [1.807, 2.05) is 32.0 Å². The molecule has 2 aromatic carbocycles. The van der Waals surface area contributed by atoms with Crippen LogP contribution in [0.5, 0.6) is 0 Å². The van der Waals surface area contributed by atoms with Crippen LogP contribution in [-0.2, 0) is 6.18 Å². The summed E-state index contributed by atoms with van der Waals surface area (Å²) >= 11 is 1.01. The van der Waals surface area contributed by atoms with E-state index in [9.17, 15) is 13.2 Å². The molecule has 1 heterocycles. The van der Waals surface area contributed by atoms with E-state index in [0.29, 0.717) is 5.56 Å². The van der Waals surface area contributed by atoms with Crippen molar-refractivity contribution < 1.29 is 13.2 Å². The van der Waals surface area contributed by atoms with Crippen molar-refractivity contribution in [3.05, 3.63) is 65.4 Å². The van der Waals surface area contributed by atoms with Gasteiger partial charge in [0.05, 0.1) is 4.88 Å². The van der Waals surface area contributed by atoms with Crippen molar-refractivity contribution in [2.45, 2.75) is 20.0 Å². The number of hydrogen-bond acceptors (Lipinski definition) is 3. The number of nitrogens with zero attached hydrogens (tertiary/aromatic N) is 1. The third kappa shape index (κ3) is 3.28. The second kappa shape index (κ2) is 6.28. The molecule has 3 rings (SSSR count). The lowest BCUT2D eigenvalue weighted by Gasteiger charge is -2.08. The summed E-state index contributed by atoms with van der Waals surface area (Å²) in [4.78, 5) is 3.93. The molecule has 0 amide bonds. The molecule has 6 heteroatoms. The fourth-order valence-corrected chi connectivity index (χ4v) is 3.36. The molecular formula is C18H15F3N2S. The molecule has 0 aliphatic rings. The average molecular weight is 348 g/mol. The molecule has 0 fully saturated rings. The molecule has 3 aromatic rings. The summed E-state index contributed by atoms with van der Waals surface area (Å²) in [6.07, 6.45) is -4.50. The molecule has 0 saturated carbocycles. The SMILES string of the molecule is Cc1cccc(Nc2nc(C(F)(F)F)c(-c3ccccc3)s2)c1C. The number of hydrogen-bond donors (Lipinski definition) is 1. The van der Waals surface area contributed by atoms with Crippen LogP contribution < -0.4 is 5.32 Å². The second-order valence-corrected chi connectivity index (χ2v) is 6.43. The van der Waals surface area contributed by atoms with Crippen molar-refractivity contribution >= 4 is 22.2 Å². The van der Waals surface area contributed by atoms with Gasteiger partial charge < -0.3 is 5.32 Å². The molecule has 0 unspecified atom stereocenters. The lowest BCUT2D eigenvalue weighted by atomic mass is 10.1. The Morgan fingerprint density at radius 3 is 2.33 bits per heavy atom. The van der Waals surface area contributed by atoms with Gasteiger partial charge in [-0.3, -0.25) is 0 Å². The summed E-state index contributed by atoms with van der Waals surface area (Å²) < 4.78 is 40.0. The van der Waals surface area contributed by atoms with Gasteiger partial charge in [-0.15, -0.1) is 0 Å². The molecule has 124 valence electrons. The van der Waals surface area contributed by atoms with Crippen LogP contribution in [0.1, 0.15) is 16.8 Å². The number of aryl methyl sites for hydroxylation is 1. The van der Waals surface area contributed by atoms with Gasteiger partial charge in [-0.05, 0) is 36.6 Å². The van der Waals surface area contributed by atoms with Crippen LogP contribution >= 0.6 is 11.3 Å². The fraction of sp³-hybridized carbons (Fsp3) is 0.167. The molecule has 1 aromatic heterocycles. The van der Waals surface area contributed by atoms with Gasteiger partial charge in [-0.2, -0.15) is 13.2 Å². The van der Waals surface area contributed by atoms with Gasteiger partial charge >= 0.3 is 6.18 Å². The normalized spacial score (nSPS) is 11.5. The zero-order chi connectivity index (χ0) is 17.3. The summed E-state index contributed by atoms with van der Waals surface area (Å²) in [7, 11) is 0. The molecule has 0 saturated heterocycles. The van der Waals surface area contributed by atoms with Crippen LogP contribution in [0.15, 0.2) is 48.5 Å². The zero-order valence-electron chi connectivity index (χ0n) is 13.1. The van der Waals surface area contributed by atoms with E-state index in [4.69, 9.17) is 0 Å². The molecule has 0 aliphatic carbocycles.